The van der Waals surface area contributed by atoms with Crippen molar-refractivity contribution in [2.75, 3.05) is 20.3 Å². The molecule has 6 heteroatoms. The van der Waals surface area contributed by atoms with Crippen molar-refractivity contribution >= 4 is 5.91 Å². The lowest BCUT2D eigenvalue weighted by Gasteiger charge is -2.18. The van der Waals surface area contributed by atoms with Gasteiger partial charge in [-0.25, -0.2) is 0 Å². The molecule has 23 heavy (non-hydrogen) atoms. The van der Waals surface area contributed by atoms with E-state index in [1.807, 2.05) is 27.0 Å². The number of carbonyl (C=O) groups excluding carboxylic acids is 1. The van der Waals surface area contributed by atoms with Gasteiger partial charge in [-0.15, -0.1) is 0 Å². The van der Waals surface area contributed by atoms with Crippen molar-refractivity contribution in [2.24, 2.45) is 7.05 Å². The van der Waals surface area contributed by atoms with Crippen LogP contribution in [0.1, 0.15) is 29.9 Å². The third-order valence-electron chi connectivity index (χ3n) is 3.46. The van der Waals surface area contributed by atoms with E-state index in [2.05, 4.69) is 5.10 Å². The fourth-order valence-electron chi connectivity index (χ4n) is 2.28. The van der Waals surface area contributed by atoms with Crippen LogP contribution in [0.4, 0.5) is 0 Å². The summed E-state index contributed by atoms with van der Waals surface area (Å²) in [5.41, 5.74) is 1.54. The Bertz CT molecular complexity index is 667. The minimum Gasteiger partial charge on any atom is -0.490 e. The first-order valence-electron chi connectivity index (χ1n) is 7.68. The molecule has 0 aliphatic rings. The molecule has 2 rings (SSSR count). The first-order chi connectivity index (χ1) is 11.1. The topological polar surface area (TPSA) is 56.6 Å². The smallest absolute Gasteiger partial charge is 0.254 e. The number of carbonyl (C=O) groups is 1. The van der Waals surface area contributed by atoms with Gasteiger partial charge < -0.3 is 14.4 Å². The molecule has 0 aliphatic heterocycles. The maximum absolute atomic E-state index is 12.6. The van der Waals surface area contributed by atoms with Crippen LogP contribution in [-0.2, 0) is 13.6 Å². The van der Waals surface area contributed by atoms with Gasteiger partial charge in [0.15, 0.2) is 11.5 Å². The maximum Gasteiger partial charge on any atom is 0.254 e. The van der Waals surface area contributed by atoms with Gasteiger partial charge in [0.05, 0.1) is 25.5 Å². The van der Waals surface area contributed by atoms with Gasteiger partial charge in [-0.3, -0.25) is 9.48 Å². The average molecular weight is 317 g/mol. The zero-order chi connectivity index (χ0) is 16.8. The molecule has 1 heterocycles. The monoisotopic (exact) mass is 317 g/mol. The van der Waals surface area contributed by atoms with Gasteiger partial charge in [0.1, 0.15) is 0 Å². The average Bonchev–Trinajstić information content (AvgIpc) is 2.94. The molecule has 124 valence electrons. The first-order valence-corrected chi connectivity index (χ1v) is 7.68. The molecule has 0 N–H and O–H groups in total. The zero-order valence-electron chi connectivity index (χ0n) is 14.1. The molecule has 6 nitrogen and oxygen atoms in total. The number of hydrogen-bond donors (Lipinski definition) is 0. The van der Waals surface area contributed by atoms with Crippen molar-refractivity contribution in [3.05, 3.63) is 41.7 Å². The van der Waals surface area contributed by atoms with E-state index in [9.17, 15) is 4.79 Å². The standard InChI is InChI=1S/C17H23N3O3/c1-5-22-15-8-7-13(11-16(15)23-6-2)17(21)19(3)12-14-9-10-18-20(14)4/h7-11H,5-6,12H2,1-4H3. The SMILES string of the molecule is CCOc1ccc(C(=O)N(C)Cc2ccnn2C)cc1OCC. The minimum atomic E-state index is -0.0739. The number of ether oxygens (including phenoxy) is 2. The summed E-state index contributed by atoms with van der Waals surface area (Å²) in [5, 5.41) is 4.11. The van der Waals surface area contributed by atoms with E-state index in [1.165, 1.54) is 0 Å². The summed E-state index contributed by atoms with van der Waals surface area (Å²) in [6.07, 6.45) is 1.72. The number of aromatic nitrogens is 2. The maximum atomic E-state index is 12.6. The number of nitrogens with zero attached hydrogens (tertiary/aromatic N) is 3. The number of benzene rings is 1. The van der Waals surface area contributed by atoms with Crippen LogP contribution in [0.2, 0.25) is 0 Å². The highest BCUT2D eigenvalue weighted by Crippen LogP contribution is 2.29. The Morgan fingerprint density at radius 2 is 1.87 bits per heavy atom. The fourth-order valence-corrected chi connectivity index (χ4v) is 2.28. The number of aryl methyl sites for hydroxylation is 1. The molecule has 1 amide bonds. The van der Waals surface area contributed by atoms with Gasteiger partial charge >= 0.3 is 0 Å². The molecule has 0 fully saturated rings. The van der Waals surface area contributed by atoms with Gasteiger partial charge in [0.2, 0.25) is 0 Å². The number of rotatable bonds is 7. The molecule has 0 bridgehead atoms. The van der Waals surface area contributed by atoms with Crippen LogP contribution in [0.15, 0.2) is 30.5 Å². The van der Waals surface area contributed by atoms with Gasteiger partial charge in [-0.1, -0.05) is 0 Å². The molecule has 0 saturated heterocycles. The molecular weight excluding hydrogens is 294 g/mol. The number of hydrogen-bond acceptors (Lipinski definition) is 4. The summed E-state index contributed by atoms with van der Waals surface area (Å²) in [5.74, 6) is 1.17. The second kappa shape index (κ2) is 7.67. The van der Waals surface area contributed by atoms with E-state index in [0.29, 0.717) is 36.8 Å². The minimum absolute atomic E-state index is 0.0739. The Balaban J connectivity index is 2.17. The Hall–Kier alpha value is -2.50. The summed E-state index contributed by atoms with van der Waals surface area (Å²) in [4.78, 5) is 14.3. The van der Waals surface area contributed by atoms with Crippen LogP contribution in [-0.4, -0.2) is 40.8 Å². The molecule has 1 aromatic carbocycles. The molecule has 0 aliphatic carbocycles. The van der Waals surface area contributed by atoms with E-state index in [0.717, 1.165) is 5.69 Å². The van der Waals surface area contributed by atoms with E-state index >= 15 is 0 Å². The zero-order valence-corrected chi connectivity index (χ0v) is 14.1. The fraction of sp³-hybridized carbons (Fsp3) is 0.412. The third-order valence-corrected chi connectivity index (χ3v) is 3.46. The van der Waals surface area contributed by atoms with Crippen LogP contribution in [0.25, 0.3) is 0 Å². The van der Waals surface area contributed by atoms with Crippen molar-refractivity contribution in [2.45, 2.75) is 20.4 Å². The molecule has 0 radical (unpaired) electrons. The normalized spacial score (nSPS) is 10.4. The summed E-state index contributed by atoms with van der Waals surface area (Å²) in [6.45, 7) is 5.37. The summed E-state index contributed by atoms with van der Waals surface area (Å²) in [6, 6.07) is 7.17. The Morgan fingerprint density at radius 1 is 1.17 bits per heavy atom. The van der Waals surface area contributed by atoms with Crippen LogP contribution in [0.5, 0.6) is 11.5 Å². The first kappa shape index (κ1) is 16.9. The molecule has 0 spiro atoms. The van der Waals surface area contributed by atoms with Gasteiger partial charge in [0, 0.05) is 25.9 Å². The van der Waals surface area contributed by atoms with E-state index < -0.39 is 0 Å². The van der Waals surface area contributed by atoms with Crippen molar-refractivity contribution in [3.63, 3.8) is 0 Å². The summed E-state index contributed by atoms with van der Waals surface area (Å²) < 4.78 is 12.9. The van der Waals surface area contributed by atoms with Crippen molar-refractivity contribution < 1.29 is 14.3 Å². The van der Waals surface area contributed by atoms with Crippen molar-refractivity contribution in [1.82, 2.24) is 14.7 Å². The van der Waals surface area contributed by atoms with Gasteiger partial charge in [-0.05, 0) is 38.1 Å². The van der Waals surface area contributed by atoms with Crippen LogP contribution >= 0.6 is 0 Å². The molecule has 0 unspecified atom stereocenters. The molecule has 0 atom stereocenters. The third kappa shape index (κ3) is 4.03. The van der Waals surface area contributed by atoms with Crippen LogP contribution in [0.3, 0.4) is 0 Å². The summed E-state index contributed by atoms with van der Waals surface area (Å²) >= 11 is 0. The predicted octanol–water partition coefficient (Wildman–Crippen LogP) is 2.49. The van der Waals surface area contributed by atoms with E-state index in [-0.39, 0.29) is 5.91 Å². The molecule has 0 saturated carbocycles. The molecule has 2 aromatic rings. The Labute approximate surface area is 136 Å². The Kier molecular flexibility index (Phi) is 5.62. The summed E-state index contributed by atoms with van der Waals surface area (Å²) in [7, 11) is 3.63. The van der Waals surface area contributed by atoms with Crippen molar-refractivity contribution in [3.8, 4) is 11.5 Å². The predicted molar refractivity (Wildman–Crippen MR) is 87.8 cm³/mol. The van der Waals surface area contributed by atoms with Crippen LogP contribution < -0.4 is 9.47 Å². The lowest BCUT2D eigenvalue weighted by atomic mass is 10.1. The quantitative estimate of drug-likeness (QED) is 0.787. The largest absolute Gasteiger partial charge is 0.490 e. The van der Waals surface area contributed by atoms with Crippen LogP contribution in [0, 0.1) is 0 Å². The van der Waals surface area contributed by atoms with E-state index in [1.54, 1.807) is 41.0 Å². The lowest BCUT2D eigenvalue weighted by Crippen LogP contribution is -2.27. The molecule has 1 aromatic heterocycles. The highest BCUT2D eigenvalue weighted by Gasteiger charge is 2.16. The van der Waals surface area contributed by atoms with Gasteiger partial charge in [0.25, 0.3) is 5.91 Å². The highest BCUT2D eigenvalue weighted by molar-refractivity contribution is 5.94. The second-order valence-electron chi connectivity index (χ2n) is 5.13. The Morgan fingerprint density at radius 3 is 2.48 bits per heavy atom. The van der Waals surface area contributed by atoms with E-state index in [4.69, 9.17) is 9.47 Å². The van der Waals surface area contributed by atoms with Gasteiger partial charge in [-0.2, -0.15) is 5.10 Å². The van der Waals surface area contributed by atoms with Crippen molar-refractivity contribution in [1.29, 1.82) is 0 Å². The number of amides is 1. The lowest BCUT2D eigenvalue weighted by molar-refractivity contribution is 0.0781. The second-order valence-corrected chi connectivity index (χ2v) is 5.13. The highest BCUT2D eigenvalue weighted by atomic mass is 16.5. The molecular formula is C17H23N3O3.